The summed E-state index contributed by atoms with van der Waals surface area (Å²) in [6, 6.07) is 9.47. The Bertz CT molecular complexity index is 634. The van der Waals surface area contributed by atoms with Crippen LogP contribution in [-0.2, 0) is 0 Å². The molecule has 1 heterocycles. The van der Waals surface area contributed by atoms with Gasteiger partial charge in [-0.25, -0.2) is 0 Å². The molecule has 0 saturated heterocycles. The van der Waals surface area contributed by atoms with Gasteiger partial charge in [0.05, 0.1) is 9.95 Å². The van der Waals surface area contributed by atoms with Crippen molar-refractivity contribution in [1.82, 2.24) is 4.98 Å². The second-order valence-corrected chi connectivity index (χ2v) is 4.25. The average molecular weight is 294 g/mol. The Hall–Kier alpha value is -2.34. The molecule has 1 aromatic heterocycles. The molecule has 2 aromatic rings. The lowest BCUT2D eigenvalue weighted by Crippen LogP contribution is -2.00. The van der Waals surface area contributed by atoms with Crippen molar-refractivity contribution in [1.29, 1.82) is 0 Å². The number of pyridine rings is 1. The number of aromatic nitrogens is 1. The van der Waals surface area contributed by atoms with Crippen molar-refractivity contribution in [2.24, 2.45) is 0 Å². The van der Waals surface area contributed by atoms with Gasteiger partial charge in [0.1, 0.15) is 5.82 Å². The molecule has 20 heavy (non-hydrogen) atoms. The quantitative estimate of drug-likeness (QED) is 0.669. The van der Waals surface area contributed by atoms with E-state index in [1.54, 1.807) is 18.2 Å². The van der Waals surface area contributed by atoms with Crippen molar-refractivity contribution in [3.05, 3.63) is 51.5 Å². The number of ether oxygens (including phenoxy) is 1. The van der Waals surface area contributed by atoms with Crippen LogP contribution >= 0.6 is 11.6 Å². The number of nitro benzene ring substituents is 1. The number of anilines is 1. The van der Waals surface area contributed by atoms with E-state index in [-0.39, 0.29) is 22.3 Å². The van der Waals surface area contributed by atoms with Crippen LogP contribution in [0.5, 0.6) is 11.6 Å². The normalized spacial score (nSPS) is 10.1. The van der Waals surface area contributed by atoms with Gasteiger partial charge in [-0.3, -0.25) is 10.1 Å². The fourth-order valence-electron chi connectivity index (χ4n) is 1.60. The number of nitrogens with one attached hydrogen (secondary N) is 1. The van der Waals surface area contributed by atoms with Gasteiger partial charge in [-0.15, -0.1) is 0 Å². The number of rotatable bonds is 5. The number of hydrogen-bond acceptors (Lipinski definition) is 5. The predicted molar refractivity (Wildman–Crippen MR) is 76.6 cm³/mol. The fraction of sp³-hybridized carbons (Fsp3) is 0.154. The van der Waals surface area contributed by atoms with Crippen LogP contribution in [0.2, 0.25) is 5.02 Å². The first kappa shape index (κ1) is 14.1. The maximum Gasteiger partial charge on any atom is 0.313 e. The minimum absolute atomic E-state index is 0.0136. The molecule has 0 spiro atoms. The maximum atomic E-state index is 11.0. The van der Waals surface area contributed by atoms with Crippen molar-refractivity contribution in [2.45, 2.75) is 6.92 Å². The van der Waals surface area contributed by atoms with Crippen LogP contribution in [0, 0.1) is 10.1 Å². The fourth-order valence-corrected chi connectivity index (χ4v) is 1.81. The van der Waals surface area contributed by atoms with Crippen LogP contribution in [0.3, 0.4) is 0 Å². The zero-order valence-corrected chi connectivity index (χ0v) is 11.4. The van der Waals surface area contributed by atoms with Crippen LogP contribution in [0.25, 0.3) is 0 Å². The Balaban J connectivity index is 2.34. The lowest BCUT2D eigenvalue weighted by atomic mass is 10.3. The molecule has 7 heteroatoms. The minimum atomic E-state index is -0.546. The topological polar surface area (TPSA) is 77.3 Å². The van der Waals surface area contributed by atoms with E-state index in [1.807, 2.05) is 6.92 Å². The van der Waals surface area contributed by atoms with Gasteiger partial charge < -0.3 is 10.1 Å². The van der Waals surface area contributed by atoms with Gasteiger partial charge in [-0.2, -0.15) is 4.98 Å². The molecule has 0 radical (unpaired) electrons. The summed E-state index contributed by atoms with van der Waals surface area (Å²) in [7, 11) is 0. The monoisotopic (exact) mass is 293 g/mol. The Labute approximate surface area is 120 Å². The van der Waals surface area contributed by atoms with E-state index >= 15 is 0 Å². The van der Waals surface area contributed by atoms with Crippen LogP contribution in [0.15, 0.2) is 36.4 Å². The lowest BCUT2D eigenvalue weighted by molar-refractivity contribution is -0.385. The minimum Gasteiger partial charge on any atom is -0.430 e. The van der Waals surface area contributed by atoms with Gasteiger partial charge in [0.25, 0.3) is 0 Å². The number of para-hydroxylation sites is 1. The summed E-state index contributed by atoms with van der Waals surface area (Å²) >= 11 is 5.95. The number of hydrogen-bond donors (Lipinski definition) is 1. The first-order chi connectivity index (χ1) is 9.61. The Morgan fingerprint density at radius 1 is 1.35 bits per heavy atom. The molecule has 0 amide bonds. The lowest BCUT2D eigenvalue weighted by Gasteiger charge is -2.08. The highest BCUT2D eigenvalue weighted by Crippen LogP contribution is 2.37. The molecule has 6 nitrogen and oxygen atoms in total. The highest BCUT2D eigenvalue weighted by atomic mass is 35.5. The molecule has 0 fully saturated rings. The molecule has 0 aliphatic heterocycles. The predicted octanol–water partition coefficient (Wildman–Crippen LogP) is 3.87. The second-order valence-electron chi connectivity index (χ2n) is 3.84. The van der Waals surface area contributed by atoms with Gasteiger partial charge in [0.2, 0.25) is 11.6 Å². The first-order valence-electron chi connectivity index (χ1n) is 5.93. The molecule has 104 valence electrons. The summed E-state index contributed by atoms with van der Waals surface area (Å²) < 4.78 is 5.46. The van der Waals surface area contributed by atoms with Crippen LogP contribution in [0.1, 0.15) is 6.92 Å². The molecule has 1 aromatic carbocycles. The summed E-state index contributed by atoms with van der Waals surface area (Å²) in [5.41, 5.74) is -0.201. The zero-order valence-electron chi connectivity index (χ0n) is 10.7. The van der Waals surface area contributed by atoms with E-state index in [2.05, 4.69) is 10.3 Å². The molecule has 0 aliphatic carbocycles. The smallest absolute Gasteiger partial charge is 0.313 e. The van der Waals surface area contributed by atoms with Crippen molar-refractivity contribution in [2.75, 3.05) is 11.9 Å². The van der Waals surface area contributed by atoms with Gasteiger partial charge >= 0.3 is 5.69 Å². The molecule has 0 atom stereocenters. The van der Waals surface area contributed by atoms with Gasteiger partial charge in [0.15, 0.2) is 0 Å². The molecular weight excluding hydrogens is 282 g/mol. The zero-order chi connectivity index (χ0) is 14.5. The van der Waals surface area contributed by atoms with Crippen LogP contribution in [0.4, 0.5) is 11.5 Å². The molecule has 2 rings (SSSR count). The van der Waals surface area contributed by atoms with E-state index in [0.29, 0.717) is 12.4 Å². The third-order valence-corrected chi connectivity index (χ3v) is 2.73. The highest BCUT2D eigenvalue weighted by molar-refractivity contribution is 6.32. The van der Waals surface area contributed by atoms with E-state index in [4.69, 9.17) is 16.3 Å². The SMILES string of the molecule is CCNc1cccc(Oc2c(Cl)cccc2[N+](=O)[O-])n1. The average Bonchev–Trinajstić information content (AvgIpc) is 2.41. The van der Waals surface area contributed by atoms with Gasteiger partial charge in [-0.1, -0.05) is 23.7 Å². The number of halogens is 1. The van der Waals surface area contributed by atoms with Gasteiger partial charge in [0, 0.05) is 18.7 Å². The van der Waals surface area contributed by atoms with Crippen molar-refractivity contribution < 1.29 is 9.66 Å². The number of nitrogens with zero attached hydrogens (tertiary/aromatic N) is 2. The second kappa shape index (κ2) is 6.21. The number of benzene rings is 1. The number of nitro groups is 1. The molecule has 0 aliphatic rings. The summed E-state index contributed by atoms with van der Waals surface area (Å²) in [5.74, 6) is 0.847. The van der Waals surface area contributed by atoms with Crippen LogP contribution in [-0.4, -0.2) is 16.5 Å². The van der Waals surface area contributed by atoms with Crippen molar-refractivity contribution >= 4 is 23.1 Å². The van der Waals surface area contributed by atoms with E-state index in [1.165, 1.54) is 18.2 Å². The summed E-state index contributed by atoms with van der Waals surface area (Å²) in [4.78, 5) is 14.6. The highest BCUT2D eigenvalue weighted by Gasteiger charge is 2.19. The molecule has 0 bridgehead atoms. The molecular formula is C13H12ClN3O3. The van der Waals surface area contributed by atoms with Crippen LogP contribution < -0.4 is 10.1 Å². The van der Waals surface area contributed by atoms with Crippen molar-refractivity contribution in [3.63, 3.8) is 0 Å². The largest absolute Gasteiger partial charge is 0.430 e. The molecule has 0 saturated carbocycles. The third kappa shape index (κ3) is 3.16. The van der Waals surface area contributed by atoms with E-state index < -0.39 is 4.92 Å². The summed E-state index contributed by atoms with van der Waals surface area (Å²) in [5, 5.41) is 14.2. The Morgan fingerprint density at radius 2 is 2.10 bits per heavy atom. The Morgan fingerprint density at radius 3 is 2.80 bits per heavy atom. The summed E-state index contributed by atoms with van der Waals surface area (Å²) in [6.45, 7) is 2.65. The van der Waals surface area contributed by atoms with E-state index in [9.17, 15) is 10.1 Å². The summed E-state index contributed by atoms with van der Waals surface area (Å²) in [6.07, 6.45) is 0. The maximum absolute atomic E-state index is 11.0. The molecule has 0 unspecified atom stereocenters. The van der Waals surface area contributed by atoms with Crippen molar-refractivity contribution in [3.8, 4) is 11.6 Å². The Kier molecular flexibility index (Phi) is 4.37. The van der Waals surface area contributed by atoms with E-state index in [0.717, 1.165) is 0 Å². The standard InChI is InChI=1S/C13H12ClN3O3/c1-2-15-11-7-4-8-12(16-11)20-13-9(14)5-3-6-10(13)17(18)19/h3-8H,2H2,1H3,(H,15,16). The first-order valence-corrected chi connectivity index (χ1v) is 6.31. The third-order valence-electron chi connectivity index (χ3n) is 2.43. The molecule has 1 N–H and O–H groups in total. The van der Waals surface area contributed by atoms with Gasteiger partial charge in [-0.05, 0) is 19.1 Å².